The van der Waals surface area contributed by atoms with Crippen molar-refractivity contribution in [2.24, 2.45) is 0 Å². The first kappa shape index (κ1) is 72.8. The molecule has 127 heavy (non-hydrogen) atoms. The highest BCUT2D eigenvalue weighted by Gasteiger charge is 2.62. The summed E-state index contributed by atoms with van der Waals surface area (Å²) in [7, 11) is 0. The van der Waals surface area contributed by atoms with Crippen LogP contribution in [-0.4, -0.2) is 24.5 Å². The first-order valence-electron chi connectivity index (χ1n) is 43.9. The van der Waals surface area contributed by atoms with Crippen molar-refractivity contribution in [3.05, 3.63) is 554 Å². The standard InChI is InChI=1S/C60H37N3.C45H28.C16H11ClN2/c1-3-19-38(20-4-1)54-37-57(62-58(61-54)39-21-5-2-6-22-39)63-55-34-18-11-27-44(55)45-35-52-53(36-56(45)63)60(48-30-14-9-25-42(48)43-26-10-15-31-49(43)60)51-33-17-16-32-50(51)59(52)46-28-12-7-23-40(46)41-24-8-13-29-47(41)59;1-2-14-30-28(13-1)25-29-26-42-43(27-35(29)30)45(38-21-9-5-17-33(38)34-18-6-10-22-39(34)45)41-24-12-11-23-40(41)44(42)36-19-7-3-15-31(36)32-16-4-8-20-37(32)44;17-15-11-14(12-7-3-1-4-8-12)18-16(19-15)13-9-5-2-6-10-13/h1-37H;1-24,26-27H,25H2;1-11H. The Morgan fingerprint density at radius 3 is 0.898 bits per heavy atom. The van der Waals surface area contributed by atoms with E-state index in [1.807, 2.05) is 66.7 Å². The Bertz CT molecular complexity index is 7850. The van der Waals surface area contributed by atoms with Gasteiger partial charge in [0, 0.05) is 45.2 Å². The van der Waals surface area contributed by atoms with Crippen LogP contribution in [-0.2, 0) is 28.1 Å². The lowest BCUT2D eigenvalue weighted by Crippen LogP contribution is -2.44. The van der Waals surface area contributed by atoms with Crippen LogP contribution in [0.3, 0.4) is 0 Å². The number of halogens is 1. The van der Waals surface area contributed by atoms with Crippen molar-refractivity contribution in [1.29, 1.82) is 0 Å². The second-order valence-corrected chi connectivity index (χ2v) is 34.8. The number of benzene rings is 18. The number of rotatable bonds is 5. The summed E-state index contributed by atoms with van der Waals surface area (Å²) < 4.78 is 2.40. The summed E-state index contributed by atoms with van der Waals surface area (Å²) in [5, 5.41) is 2.83. The van der Waals surface area contributed by atoms with E-state index in [1.165, 1.54) is 167 Å². The van der Waals surface area contributed by atoms with E-state index in [4.69, 9.17) is 21.6 Å². The van der Waals surface area contributed by atoms with E-state index in [0.29, 0.717) is 16.8 Å². The average Bonchev–Trinajstić information content (AvgIpc) is 1.51. The molecule has 0 saturated heterocycles. The molecular weight excluding hydrogens is 1560 g/mol. The summed E-state index contributed by atoms with van der Waals surface area (Å²) in [5.41, 5.74) is 43.8. The zero-order valence-corrected chi connectivity index (χ0v) is 69.8. The van der Waals surface area contributed by atoms with E-state index in [9.17, 15) is 0 Å². The van der Waals surface area contributed by atoms with Gasteiger partial charge in [-0.15, -0.1) is 0 Å². The number of fused-ring (bicyclic) bond motifs is 38. The summed E-state index contributed by atoms with van der Waals surface area (Å²) in [4.78, 5) is 19.5. The molecule has 0 bridgehead atoms. The Morgan fingerprint density at radius 2 is 0.496 bits per heavy atom. The molecule has 0 radical (unpaired) electrons. The minimum atomic E-state index is -0.609. The van der Waals surface area contributed by atoms with Gasteiger partial charge in [0.05, 0.1) is 44.1 Å². The lowest BCUT2D eigenvalue weighted by molar-refractivity contribution is 0.632. The van der Waals surface area contributed by atoms with Crippen LogP contribution in [0.2, 0.25) is 5.15 Å². The molecule has 0 fully saturated rings. The second-order valence-electron chi connectivity index (χ2n) is 34.4. The maximum atomic E-state index is 6.10. The van der Waals surface area contributed by atoms with Crippen LogP contribution in [0.4, 0.5) is 0 Å². The molecule has 3 heterocycles. The van der Waals surface area contributed by atoms with Gasteiger partial charge in [-0.2, -0.15) is 0 Å². The van der Waals surface area contributed by atoms with Gasteiger partial charge in [0.25, 0.3) is 0 Å². The van der Waals surface area contributed by atoms with Gasteiger partial charge in [-0.3, -0.25) is 4.57 Å². The molecule has 0 amide bonds. The van der Waals surface area contributed by atoms with E-state index in [1.54, 1.807) is 6.07 Å². The first-order chi connectivity index (χ1) is 62.9. The Hall–Kier alpha value is -15.8. The molecule has 3 aromatic heterocycles. The van der Waals surface area contributed by atoms with Crippen LogP contribution >= 0.6 is 11.6 Å². The summed E-state index contributed by atoms with van der Waals surface area (Å²) in [6.07, 6.45) is 0.972. The molecule has 0 aliphatic heterocycles. The van der Waals surface area contributed by atoms with Crippen LogP contribution in [0.15, 0.2) is 449 Å². The van der Waals surface area contributed by atoms with Gasteiger partial charge in [-0.1, -0.05) is 424 Å². The molecule has 0 N–H and O–H groups in total. The normalized spacial score (nSPS) is 14.2. The van der Waals surface area contributed by atoms with Crippen LogP contribution in [0.5, 0.6) is 0 Å². The van der Waals surface area contributed by atoms with Crippen molar-refractivity contribution in [2.75, 3.05) is 0 Å². The van der Waals surface area contributed by atoms with E-state index in [2.05, 4.69) is 391 Å². The Kier molecular flexibility index (Phi) is 16.1. The molecule has 7 aliphatic rings. The van der Waals surface area contributed by atoms with Crippen molar-refractivity contribution in [3.8, 4) is 107 Å². The maximum absolute atomic E-state index is 6.10. The van der Waals surface area contributed by atoms with Crippen LogP contribution in [0.1, 0.15) is 100 Å². The quantitative estimate of drug-likeness (QED) is 0.161. The fourth-order valence-corrected chi connectivity index (χ4v) is 23.9. The van der Waals surface area contributed by atoms with Crippen LogP contribution < -0.4 is 0 Å². The average molecular weight is 1640 g/mol. The van der Waals surface area contributed by atoms with Crippen molar-refractivity contribution >= 4 is 33.4 Å². The molecule has 18 aromatic carbocycles. The number of hydrogen-bond donors (Lipinski definition) is 0. The molecule has 0 unspecified atom stereocenters. The van der Waals surface area contributed by atoms with Gasteiger partial charge in [-0.05, 0) is 186 Å². The third-order valence-electron chi connectivity index (χ3n) is 28.5. The third-order valence-corrected chi connectivity index (χ3v) is 28.7. The molecule has 0 atom stereocenters. The van der Waals surface area contributed by atoms with E-state index in [0.717, 1.165) is 56.9 Å². The summed E-state index contributed by atoms with van der Waals surface area (Å²) in [5.74, 6) is 2.17. The molecule has 7 aliphatic carbocycles. The smallest absolute Gasteiger partial charge is 0.162 e. The van der Waals surface area contributed by atoms with Crippen molar-refractivity contribution in [2.45, 2.75) is 28.1 Å². The number of hydrogen-bond acceptors (Lipinski definition) is 4. The zero-order chi connectivity index (χ0) is 83.7. The molecule has 6 heteroatoms. The monoisotopic (exact) mass is 1630 g/mol. The van der Waals surface area contributed by atoms with Crippen molar-refractivity contribution in [3.63, 3.8) is 0 Å². The molecule has 28 rings (SSSR count). The van der Waals surface area contributed by atoms with Gasteiger partial charge >= 0.3 is 0 Å². The van der Waals surface area contributed by atoms with Crippen LogP contribution in [0.25, 0.3) is 129 Å². The molecule has 4 spiro atoms. The van der Waals surface area contributed by atoms with E-state index >= 15 is 0 Å². The number of para-hydroxylation sites is 1. The second kappa shape index (κ2) is 28.1. The lowest BCUT2D eigenvalue weighted by atomic mass is 9.52. The third kappa shape index (κ3) is 10.2. The maximum Gasteiger partial charge on any atom is 0.162 e. The fraction of sp³-hybridized carbons (Fsp3) is 0.0413. The highest BCUT2D eigenvalue weighted by molar-refractivity contribution is 6.29. The predicted octanol–water partition coefficient (Wildman–Crippen LogP) is 28.7. The first-order valence-corrected chi connectivity index (χ1v) is 44.3. The highest BCUT2D eigenvalue weighted by atomic mass is 35.5. The minimum absolute atomic E-state index is 0.416. The topological polar surface area (TPSA) is 56.5 Å². The van der Waals surface area contributed by atoms with Gasteiger partial charge in [0.2, 0.25) is 0 Å². The Morgan fingerprint density at radius 1 is 0.197 bits per heavy atom. The molecule has 5 nitrogen and oxygen atoms in total. The van der Waals surface area contributed by atoms with Crippen LogP contribution in [0, 0.1) is 0 Å². The zero-order valence-electron chi connectivity index (χ0n) is 69.0. The Labute approximate surface area is 741 Å². The van der Waals surface area contributed by atoms with Gasteiger partial charge in [-0.25, -0.2) is 19.9 Å². The SMILES string of the molecule is Clc1cc(-c2ccccc2)nc(-c2ccccc2)n1.c1ccc(-c2cc(-n3c4ccccc4c4cc5c(cc43)C3(c4ccccc4-c4ccccc43)c3ccccc3C53c4ccccc4-c4ccccc43)nc(-c3ccccc3)n2)cc1.c1ccc2c(c1)Cc1cc3c(cc1-2)C1(c2ccccc2-c2ccccc21)c1ccccc1C31c2ccccc2-c2ccccc21. The highest BCUT2D eigenvalue weighted by Crippen LogP contribution is 2.71. The lowest BCUT2D eigenvalue weighted by Gasteiger charge is -2.49. The predicted molar refractivity (Wildman–Crippen MR) is 516 cm³/mol. The van der Waals surface area contributed by atoms with Gasteiger partial charge < -0.3 is 0 Å². The summed E-state index contributed by atoms with van der Waals surface area (Å²) in [6.45, 7) is 0. The fourth-order valence-electron chi connectivity index (χ4n) is 23.7. The Balaban J connectivity index is 0.000000116. The number of aromatic nitrogens is 5. The molecule has 0 saturated carbocycles. The molecule has 592 valence electrons. The van der Waals surface area contributed by atoms with Gasteiger partial charge in [0.15, 0.2) is 11.6 Å². The largest absolute Gasteiger partial charge is 0.294 e. The summed E-state index contributed by atoms with van der Waals surface area (Å²) >= 11 is 6.10. The van der Waals surface area contributed by atoms with Crippen molar-refractivity contribution < 1.29 is 0 Å². The van der Waals surface area contributed by atoms with E-state index in [-0.39, 0.29) is 0 Å². The molecule has 21 aromatic rings. The van der Waals surface area contributed by atoms with Crippen molar-refractivity contribution in [1.82, 2.24) is 24.5 Å². The molecular formula is C121H76ClN5. The van der Waals surface area contributed by atoms with Gasteiger partial charge in [0.1, 0.15) is 11.0 Å². The summed E-state index contributed by atoms with van der Waals surface area (Å²) in [6, 6.07) is 165. The van der Waals surface area contributed by atoms with E-state index < -0.39 is 21.7 Å². The number of nitrogens with zero attached hydrogens (tertiary/aromatic N) is 5. The minimum Gasteiger partial charge on any atom is -0.294 e.